The van der Waals surface area contributed by atoms with Crippen LogP contribution in [0.15, 0.2) is 24.3 Å². The van der Waals surface area contributed by atoms with Crippen molar-refractivity contribution < 1.29 is 24.2 Å². The molecular formula is C11H9O5-. The first-order valence-corrected chi connectivity index (χ1v) is 4.50. The van der Waals surface area contributed by atoms with Gasteiger partial charge >= 0.3 is 5.97 Å². The summed E-state index contributed by atoms with van der Waals surface area (Å²) in [6.07, 6.45) is -0.660. The molecule has 0 bridgehead atoms. The lowest BCUT2D eigenvalue weighted by Crippen LogP contribution is -2.25. The summed E-state index contributed by atoms with van der Waals surface area (Å²) in [5.41, 5.74) is 0.236. The highest BCUT2D eigenvalue weighted by atomic mass is 16.5. The Hall–Kier alpha value is -2.17. The average molecular weight is 221 g/mol. The lowest BCUT2D eigenvalue weighted by Gasteiger charge is -2.03. The number of hydrogen-bond acceptors (Lipinski definition) is 5. The van der Waals surface area contributed by atoms with Crippen molar-refractivity contribution >= 4 is 17.7 Å². The summed E-state index contributed by atoms with van der Waals surface area (Å²) in [6.45, 7) is 1.26. The number of esters is 1. The van der Waals surface area contributed by atoms with Crippen LogP contribution in [0.2, 0.25) is 0 Å². The maximum Gasteiger partial charge on any atom is 0.308 e. The molecule has 0 aliphatic carbocycles. The summed E-state index contributed by atoms with van der Waals surface area (Å²) in [4.78, 5) is 32.1. The summed E-state index contributed by atoms with van der Waals surface area (Å²) in [7, 11) is 0. The molecule has 0 radical (unpaired) electrons. The maximum atomic E-state index is 11.3. The molecule has 0 heterocycles. The quantitative estimate of drug-likeness (QED) is 0.307. The number of hydrogen-bond donors (Lipinski definition) is 0. The maximum absolute atomic E-state index is 11.3. The second-order valence-electron chi connectivity index (χ2n) is 3.09. The lowest BCUT2D eigenvalue weighted by molar-refractivity contribution is -0.304. The van der Waals surface area contributed by atoms with Gasteiger partial charge in [-0.1, -0.05) is 0 Å². The van der Waals surface area contributed by atoms with Gasteiger partial charge in [-0.15, -0.1) is 0 Å². The topological polar surface area (TPSA) is 83.5 Å². The van der Waals surface area contributed by atoms with E-state index in [1.54, 1.807) is 0 Å². The molecule has 0 spiro atoms. The normalized spacial score (nSPS) is 9.56. The highest BCUT2D eigenvalue weighted by molar-refractivity contribution is 6.05. The van der Waals surface area contributed by atoms with Crippen molar-refractivity contribution in [1.82, 2.24) is 0 Å². The number of ketones is 1. The van der Waals surface area contributed by atoms with Crippen LogP contribution in [-0.4, -0.2) is 17.7 Å². The zero-order valence-corrected chi connectivity index (χ0v) is 8.56. The SMILES string of the molecule is CC(=O)Oc1ccc(C(=O)CC(=O)[O-])cc1. The van der Waals surface area contributed by atoms with Crippen LogP contribution in [0.1, 0.15) is 23.7 Å². The number of Topliss-reactive ketones (excluding diaryl/α,β-unsaturated/α-hetero) is 1. The predicted octanol–water partition coefficient (Wildman–Crippen LogP) is -0.0654. The number of benzene rings is 1. The summed E-state index contributed by atoms with van der Waals surface area (Å²) in [5.74, 6) is -2.13. The Morgan fingerprint density at radius 3 is 2.19 bits per heavy atom. The van der Waals surface area contributed by atoms with E-state index in [0.29, 0.717) is 5.75 Å². The average Bonchev–Trinajstić information content (AvgIpc) is 2.16. The molecule has 0 amide bonds. The first kappa shape index (κ1) is 11.9. The van der Waals surface area contributed by atoms with E-state index in [4.69, 9.17) is 4.74 Å². The third-order valence-corrected chi connectivity index (χ3v) is 1.74. The van der Waals surface area contributed by atoms with E-state index in [1.165, 1.54) is 31.2 Å². The van der Waals surface area contributed by atoms with Gasteiger partial charge in [0.2, 0.25) is 0 Å². The number of carboxylic acid groups (broad SMARTS) is 1. The Bertz CT molecular complexity index is 419. The van der Waals surface area contributed by atoms with Crippen LogP contribution in [0.25, 0.3) is 0 Å². The Morgan fingerprint density at radius 2 is 1.75 bits per heavy atom. The molecule has 5 nitrogen and oxygen atoms in total. The smallest absolute Gasteiger partial charge is 0.308 e. The minimum atomic E-state index is -1.42. The Balaban J connectivity index is 2.74. The zero-order chi connectivity index (χ0) is 12.1. The molecule has 0 unspecified atom stereocenters. The number of carboxylic acids is 1. The molecule has 1 aromatic carbocycles. The van der Waals surface area contributed by atoms with Gasteiger partial charge in [0.15, 0.2) is 5.78 Å². The molecule has 0 aromatic heterocycles. The van der Waals surface area contributed by atoms with Gasteiger partial charge in [0.25, 0.3) is 0 Å². The van der Waals surface area contributed by atoms with Gasteiger partial charge in [0.1, 0.15) is 5.75 Å². The molecular weight excluding hydrogens is 212 g/mol. The number of ether oxygens (including phenoxy) is 1. The van der Waals surface area contributed by atoms with Gasteiger partial charge in [0, 0.05) is 18.5 Å². The van der Waals surface area contributed by atoms with Gasteiger partial charge in [0.05, 0.1) is 6.42 Å². The second kappa shape index (κ2) is 5.06. The molecule has 0 aliphatic rings. The number of carbonyl (C=O) groups is 3. The molecule has 1 aromatic rings. The molecule has 5 heteroatoms. The second-order valence-corrected chi connectivity index (χ2v) is 3.09. The summed E-state index contributed by atoms with van der Waals surface area (Å²) in [6, 6.07) is 5.63. The molecule has 0 saturated heterocycles. The fourth-order valence-electron chi connectivity index (χ4n) is 1.11. The van der Waals surface area contributed by atoms with Gasteiger partial charge < -0.3 is 14.6 Å². The fraction of sp³-hybridized carbons (Fsp3) is 0.182. The third kappa shape index (κ3) is 3.53. The van der Waals surface area contributed by atoms with Crippen molar-refractivity contribution in [3.05, 3.63) is 29.8 Å². The van der Waals surface area contributed by atoms with E-state index in [2.05, 4.69) is 0 Å². The van der Waals surface area contributed by atoms with Crippen LogP contribution in [0, 0.1) is 0 Å². The van der Waals surface area contributed by atoms with Crippen LogP contribution in [0.4, 0.5) is 0 Å². The largest absolute Gasteiger partial charge is 0.550 e. The number of aliphatic carboxylic acids is 1. The minimum absolute atomic E-state index is 0.236. The van der Waals surface area contributed by atoms with Crippen LogP contribution >= 0.6 is 0 Å². The fourth-order valence-corrected chi connectivity index (χ4v) is 1.11. The molecule has 0 fully saturated rings. The Kier molecular flexibility index (Phi) is 3.77. The van der Waals surface area contributed by atoms with Gasteiger partial charge in [-0.2, -0.15) is 0 Å². The van der Waals surface area contributed by atoms with Crippen molar-refractivity contribution in [3.8, 4) is 5.75 Å². The Labute approximate surface area is 91.6 Å². The summed E-state index contributed by atoms with van der Waals surface area (Å²) >= 11 is 0. The van der Waals surface area contributed by atoms with Crippen molar-refractivity contribution in [3.63, 3.8) is 0 Å². The van der Waals surface area contributed by atoms with Gasteiger partial charge in [-0.25, -0.2) is 0 Å². The minimum Gasteiger partial charge on any atom is -0.550 e. The van der Waals surface area contributed by atoms with E-state index in [9.17, 15) is 19.5 Å². The molecule has 0 aliphatic heterocycles. The molecule has 84 valence electrons. The summed E-state index contributed by atoms with van der Waals surface area (Å²) < 4.78 is 4.75. The van der Waals surface area contributed by atoms with Gasteiger partial charge in [-0.05, 0) is 24.3 Å². The molecule has 0 atom stereocenters. The molecule has 1 rings (SSSR count). The monoisotopic (exact) mass is 221 g/mol. The van der Waals surface area contributed by atoms with E-state index in [0.717, 1.165) is 0 Å². The van der Waals surface area contributed by atoms with Crippen molar-refractivity contribution in [2.45, 2.75) is 13.3 Å². The van der Waals surface area contributed by atoms with E-state index < -0.39 is 24.1 Å². The van der Waals surface area contributed by atoms with Crippen LogP contribution < -0.4 is 9.84 Å². The predicted molar refractivity (Wildman–Crippen MR) is 51.7 cm³/mol. The molecule has 0 saturated carbocycles. The van der Waals surface area contributed by atoms with E-state index in [1.807, 2.05) is 0 Å². The highest BCUT2D eigenvalue weighted by Crippen LogP contribution is 2.13. The molecule has 16 heavy (non-hydrogen) atoms. The van der Waals surface area contributed by atoms with Crippen molar-refractivity contribution in [2.75, 3.05) is 0 Å². The van der Waals surface area contributed by atoms with Crippen LogP contribution in [0.5, 0.6) is 5.75 Å². The summed E-state index contributed by atoms with van der Waals surface area (Å²) in [5, 5.41) is 10.2. The first-order valence-electron chi connectivity index (χ1n) is 4.50. The van der Waals surface area contributed by atoms with E-state index >= 15 is 0 Å². The standard InChI is InChI=1S/C11H10O5/c1-7(12)16-9-4-2-8(3-5-9)10(13)6-11(14)15/h2-5H,6H2,1H3,(H,14,15)/p-1. The number of rotatable bonds is 4. The lowest BCUT2D eigenvalue weighted by atomic mass is 10.1. The third-order valence-electron chi connectivity index (χ3n) is 1.74. The van der Waals surface area contributed by atoms with Crippen LogP contribution in [-0.2, 0) is 9.59 Å². The number of carbonyl (C=O) groups excluding carboxylic acids is 3. The van der Waals surface area contributed by atoms with Crippen molar-refractivity contribution in [1.29, 1.82) is 0 Å². The first-order chi connectivity index (χ1) is 7.49. The Morgan fingerprint density at radius 1 is 1.19 bits per heavy atom. The zero-order valence-electron chi connectivity index (χ0n) is 8.56. The molecule has 0 N–H and O–H groups in total. The van der Waals surface area contributed by atoms with Crippen LogP contribution in [0.3, 0.4) is 0 Å². The highest BCUT2D eigenvalue weighted by Gasteiger charge is 2.06. The van der Waals surface area contributed by atoms with Crippen molar-refractivity contribution in [2.24, 2.45) is 0 Å². The van der Waals surface area contributed by atoms with E-state index in [-0.39, 0.29) is 5.56 Å². The van der Waals surface area contributed by atoms with Gasteiger partial charge in [-0.3, -0.25) is 9.59 Å².